The van der Waals surface area contributed by atoms with Gasteiger partial charge >= 0.3 is 0 Å². The topological polar surface area (TPSA) is 50.4 Å². The Morgan fingerprint density at radius 1 is 1.41 bits per heavy atom. The third kappa shape index (κ3) is 5.69. The van der Waals surface area contributed by atoms with Gasteiger partial charge in [0.25, 0.3) is 5.91 Å². The molecule has 1 aliphatic heterocycles. The Bertz CT molecular complexity index is 550. The highest BCUT2D eigenvalue weighted by molar-refractivity contribution is 6.42. The third-order valence-electron chi connectivity index (χ3n) is 3.22. The summed E-state index contributed by atoms with van der Waals surface area (Å²) in [6, 6.07) is 4.93. The largest absolute Gasteiger partial charge is 0.481 e. The Balaban J connectivity index is 0.00000242. The molecule has 0 radical (unpaired) electrons. The van der Waals surface area contributed by atoms with Crippen LogP contribution in [0.1, 0.15) is 13.3 Å². The number of amides is 1. The summed E-state index contributed by atoms with van der Waals surface area (Å²) < 4.78 is 5.56. The van der Waals surface area contributed by atoms with Crippen LogP contribution in [0.3, 0.4) is 0 Å². The molecule has 7 heteroatoms. The van der Waals surface area contributed by atoms with Gasteiger partial charge in [-0.05, 0) is 32.0 Å². The summed E-state index contributed by atoms with van der Waals surface area (Å²) in [7, 11) is 0. The van der Waals surface area contributed by atoms with E-state index >= 15 is 0 Å². The molecule has 22 heavy (non-hydrogen) atoms. The average Bonchev–Trinajstić information content (AvgIpc) is 2.49. The Morgan fingerprint density at radius 3 is 2.82 bits per heavy atom. The molecule has 0 saturated heterocycles. The van der Waals surface area contributed by atoms with E-state index in [1.54, 1.807) is 25.1 Å². The van der Waals surface area contributed by atoms with Gasteiger partial charge in [-0.25, -0.2) is 0 Å². The van der Waals surface area contributed by atoms with Gasteiger partial charge in [-0.3, -0.25) is 4.79 Å². The van der Waals surface area contributed by atoms with Crippen LogP contribution in [-0.4, -0.2) is 31.6 Å². The lowest BCUT2D eigenvalue weighted by molar-refractivity contribution is -0.127. The summed E-state index contributed by atoms with van der Waals surface area (Å²) in [5, 5.41) is 6.97. The minimum Gasteiger partial charge on any atom is -0.481 e. The van der Waals surface area contributed by atoms with Crippen LogP contribution in [0, 0.1) is 0 Å². The fourth-order valence-corrected chi connectivity index (χ4v) is 2.27. The van der Waals surface area contributed by atoms with Gasteiger partial charge in [-0.2, -0.15) is 0 Å². The highest BCUT2D eigenvalue weighted by Crippen LogP contribution is 2.26. The minimum absolute atomic E-state index is 0. The number of ether oxygens (including phenoxy) is 1. The summed E-state index contributed by atoms with van der Waals surface area (Å²) in [5.41, 5.74) is 1.24. The number of benzene rings is 1. The van der Waals surface area contributed by atoms with Gasteiger partial charge in [-0.1, -0.05) is 34.9 Å². The van der Waals surface area contributed by atoms with Crippen molar-refractivity contribution in [1.29, 1.82) is 0 Å². The van der Waals surface area contributed by atoms with Crippen molar-refractivity contribution in [2.24, 2.45) is 0 Å². The SMILES string of the molecule is CC(Oc1ccc(Cl)c(Cl)c1)C(=O)NCC1=CCNCC1.Cl. The molecular formula is C15H19Cl3N2O2. The molecule has 1 amide bonds. The van der Waals surface area contributed by atoms with Crippen LogP contribution in [0.2, 0.25) is 10.0 Å². The van der Waals surface area contributed by atoms with Crippen LogP contribution in [0.5, 0.6) is 5.75 Å². The summed E-state index contributed by atoms with van der Waals surface area (Å²) in [4.78, 5) is 12.0. The smallest absolute Gasteiger partial charge is 0.261 e. The summed E-state index contributed by atoms with van der Waals surface area (Å²) in [6.45, 7) is 4.09. The number of halogens is 3. The van der Waals surface area contributed by atoms with E-state index < -0.39 is 6.10 Å². The normalized spacial score (nSPS) is 15.3. The molecule has 1 aliphatic rings. The quantitative estimate of drug-likeness (QED) is 0.788. The first-order valence-corrected chi connectivity index (χ1v) is 7.60. The molecule has 1 aromatic rings. The van der Waals surface area contributed by atoms with Gasteiger partial charge in [0.15, 0.2) is 6.10 Å². The maximum absolute atomic E-state index is 12.0. The number of nitrogens with one attached hydrogen (secondary N) is 2. The van der Waals surface area contributed by atoms with Gasteiger partial charge in [0.1, 0.15) is 5.75 Å². The van der Waals surface area contributed by atoms with Crippen LogP contribution in [0.15, 0.2) is 29.8 Å². The van der Waals surface area contributed by atoms with Crippen molar-refractivity contribution in [3.05, 3.63) is 39.9 Å². The van der Waals surface area contributed by atoms with Crippen molar-refractivity contribution in [3.8, 4) is 5.75 Å². The predicted molar refractivity (Wildman–Crippen MR) is 92.4 cm³/mol. The monoisotopic (exact) mass is 364 g/mol. The van der Waals surface area contributed by atoms with E-state index in [9.17, 15) is 4.79 Å². The Hall–Kier alpha value is -0.940. The van der Waals surface area contributed by atoms with Crippen molar-refractivity contribution in [3.63, 3.8) is 0 Å². The van der Waals surface area contributed by atoms with Crippen LogP contribution < -0.4 is 15.4 Å². The van der Waals surface area contributed by atoms with Crippen molar-refractivity contribution in [2.75, 3.05) is 19.6 Å². The summed E-state index contributed by atoms with van der Waals surface area (Å²) in [5.74, 6) is 0.369. The standard InChI is InChI=1S/C15H18Cl2N2O2.ClH/c1-10(21-12-2-3-13(16)14(17)8-12)15(20)19-9-11-4-6-18-7-5-11;/h2-4,8,10,18H,5-7,9H2,1H3,(H,19,20);1H. The lowest BCUT2D eigenvalue weighted by Gasteiger charge is -2.18. The van der Waals surface area contributed by atoms with Crippen LogP contribution in [0.4, 0.5) is 0 Å². The van der Waals surface area contributed by atoms with E-state index in [4.69, 9.17) is 27.9 Å². The molecule has 122 valence electrons. The molecule has 0 aromatic heterocycles. The molecule has 0 fully saturated rings. The third-order valence-corrected chi connectivity index (χ3v) is 3.96. The fraction of sp³-hybridized carbons (Fsp3) is 0.400. The zero-order valence-electron chi connectivity index (χ0n) is 12.2. The van der Waals surface area contributed by atoms with Crippen LogP contribution in [0.25, 0.3) is 0 Å². The molecule has 4 nitrogen and oxygen atoms in total. The van der Waals surface area contributed by atoms with Crippen LogP contribution >= 0.6 is 35.6 Å². The second-order valence-electron chi connectivity index (χ2n) is 4.87. The van der Waals surface area contributed by atoms with Crippen molar-refractivity contribution < 1.29 is 9.53 Å². The molecule has 0 bridgehead atoms. The first kappa shape index (κ1) is 19.1. The lowest BCUT2D eigenvalue weighted by atomic mass is 10.1. The van der Waals surface area contributed by atoms with Crippen molar-refractivity contribution >= 4 is 41.5 Å². The van der Waals surface area contributed by atoms with E-state index in [1.165, 1.54) is 5.57 Å². The molecule has 0 spiro atoms. The Morgan fingerprint density at radius 2 is 2.18 bits per heavy atom. The van der Waals surface area contributed by atoms with Crippen molar-refractivity contribution in [2.45, 2.75) is 19.4 Å². The molecule has 2 rings (SSSR count). The van der Waals surface area contributed by atoms with Gasteiger partial charge < -0.3 is 15.4 Å². The van der Waals surface area contributed by atoms with Crippen molar-refractivity contribution in [1.82, 2.24) is 10.6 Å². The first-order chi connectivity index (χ1) is 10.1. The summed E-state index contributed by atoms with van der Waals surface area (Å²) >= 11 is 11.8. The van der Waals surface area contributed by atoms with E-state index in [-0.39, 0.29) is 18.3 Å². The molecule has 1 atom stereocenters. The van der Waals surface area contributed by atoms with E-state index in [2.05, 4.69) is 16.7 Å². The number of hydrogen-bond donors (Lipinski definition) is 2. The average molecular weight is 366 g/mol. The highest BCUT2D eigenvalue weighted by Gasteiger charge is 2.15. The van der Waals surface area contributed by atoms with Gasteiger partial charge in [0, 0.05) is 19.2 Å². The summed E-state index contributed by atoms with van der Waals surface area (Å²) in [6.07, 6.45) is 2.47. The number of hydrogen-bond acceptors (Lipinski definition) is 3. The molecular weight excluding hydrogens is 347 g/mol. The maximum Gasteiger partial charge on any atom is 0.261 e. The number of carbonyl (C=O) groups excluding carboxylic acids is 1. The maximum atomic E-state index is 12.0. The van der Waals surface area contributed by atoms with E-state index in [1.807, 2.05) is 0 Å². The minimum atomic E-state index is -0.593. The molecule has 0 saturated carbocycles. The molecule has 1 unspecified atom stereocenters. The molecule has 0 aliphatic carbocycles. The van der Waals surface area contributed by atoms with Gasteiger partial charge in [0.2, 0.25) is 0 Å². The highest BCUT2D eigenvalue weighted by atomic mass is 35.5. The Labute approximate surface area is 146 Å². The fourth-order valence-electron chi connectivity index (χ4n) is 1.98. The zero-order valence-corrected chi connectivity index (χ0v) is 14.5. The number of rotatable bonds is 5. The van der Waals surface area contributed by atoms with E-state index in [0.29, 0.717) is 22.3 Å². The van der Waals surface area contributed by atoms with Gasteiger partial charge in [0.05, 0.1) is 10.0 Å². The second-order valence-corrected chi connectivity index (χ2v) is 5.68. The molecule has 1 aromatic carbocycles. The molecule has 1 heterocycles. The first-order valence-electron chi connectivity index (χ1n) is 6.84. The Kier molecular flexibility index (Phi) is 8.04. The lowest BCUT2D eigenvalue weighted by Crippen LogP contribution is -2.38. The predicted octanol–water partition coefficient (Wildman–Crippen LogP) is 3.22. The van der Waals surface area contributed by atoms with E-state index in [0.717, 1.165) is 19.5 Å². The molecule has 2 N–H and O–H groups in total. The number of carbonyl (C=O) groups is 1. The van der Waals surface area contributed by atoms with Gasteiger partial charge in [-0.15, -0.1) is 12.4 Å². The zero-order chi connectivity index (χ0) is 15.2. The van der Waals surface area contributed by atoms with Crippen LogP contribution in [-0.2, 0) is 4.79 Å². The second kappa shape index (κ2) is 9.26.